The van der Waals surface area contributed by atoms with Crippen LogP contribution in [0.25, 0.3) is 0 Å². The standard InChI is InChI=1S/2C7H9N.Cd.2ClH/c2*1-2-7-3-5-8-6-4-7;;;/h2*3-6H,2H2,1H3;;2*1H/q;;+2;;/p-2. The third-order valence-corrected chi connectivity index (χ3v) is 2.32. The average Bonchev–Trinajstić information content (AvgIpc) is 2.50. The number of rotatable bonds is 2. The second-order valence-corrected chi connectivity index (χ2v) is 9.52. The molecule has 0 aliphatic rings. The molecule has 2 nitrogen and oxygen atoms in total. The van der Waals surface area contributed by atoms with Gasteiger partial charge in [-0.05, 0) is 48.2 Å². The van der Waals surface area contributed by atoms with Crippen LogP contribution >= 0.6 is 16.6 Å². The molecule has 0 spiro atoms. The molecule has 2 heterocycles. The van der Waals surface area contributed by atoms with Crippen LogP contribution in [0.3, 0.4) is 0 Å². The third kappa shape index (κ3) is 11.3. The number of aromatic nitrogens is 2. The van der Waals surface area contributed by atoms with Crippen molar-refractivity contribution in [2.75, 3.05) is 0 Å². The van der Waals surface area contributed by atoms with E-state index in [0.717, 1.165) is 12.8 Å². The van der Waals surface area contributed by atoms with Crippen molar-refractivity contribution in [3.63, 3.8) is 0 Å². The fourth-order valence-electron chi connectivity index (χ4n) is 1.24. The van der Waals surface area contributed by atoms with Gasteiger partial charge < -0.3 is 0 Å². The van der Waals surface area contributed by atoms with Crippen molar-refractivity contribution in [1.29, 1.82) is 0 Å². The summed E-state index contributed by atoms with van der Waals surface area (Å²) in [5.74, 6) is 0. The average molecular weight is 398 g/mol. The molecular weight excluding hydrogens is 379 g/mol. The Kier molecular flexibility index (Phi) is 14.1. The molecule has 0 aliphatic heterocycles. The van der Waals surface area contributed by atoms with E-state index >= 15 is 0 Å². The SMILES string of the molecule is CCc1ccncc1.CCc1ccncc1.[Cl][Cd][Cl]. The zero-order valence-corrected chi connectivity index (χ0v) is 16.9. The number of hydrogen-bond donors (Lipinski definition) is 0. The van der Waals surface area contributed by atoms with Crippen molar-refractivity contribution in [3.05, 3.63) is 60.2 Å². The summed E-state index contributed by atoms with van der Waals surface area (Å²) in [6.07, 6.45) is 9.47. The van der Waals surface area contributed by atoms with Crippen LogP contribution in [-0.4, -0.2) is 9.97 Å². The summed E-state index contributed by atoms with van der Waals surface area (Å²) in [6.45, 7) is 4.27. The van der Waals surface area contributed by atoms with Crippen LogP contribution in [0.1, 0.15) is 25.0 Å². The first kappa shape index (κ1) is 18.8. The number of halogens is 2. The van der Waals surface area contributed by atoms with Crippen LogP contribution in [0.4, 0.5) is 0 Å². The maximum atomic E-state index is 4.97. The van der Waals surface area contributed by atoms with E-state index in [9.17, 15) is 0 Å². The number of hydrogen-bond acceptors (Lipinski definition) is 2. The van der Waals surface area contributed by atoms with Gasteiger partial charge in [0.05, 0.1) is 0 Å². The van der Waals surface area contributed by atoms with Gasteiger partial charge in [0.2, 0.25) is 0 Å². The molecule has 2 aromatic rings. The summed E-state index contributed by atoms with van der Waals surface area (Å²) in [6, 6.07) is 8.11. The molecule has 19 heavy (non-hydrogen) atoms. The molecule has 0 aliphatic carbocycles. The van der Waals surface area contributed by atoms with Gasteiger partial charge in [0.25, 0.3) is 0 Å². The van der Waals surface area contributed by atoms with E-state index in [1.165, 1.54) is 11.1 Å². The zero-order valence-electron chi connectivity index (χ0n) is 11.4. The van der Waals surface area contributed by atoms with E-state index in [-0.39, 0.29) is 0 Å². The van der Waals surface area contributed by atoms with Crippen LogP contribution in [0.5, 0.6) is 0 Å². The quantitative estimate of drug-likeness (QED) is 0.689. The van der Waals surface area contributed by atoms with Gasteiger partial charge in [-0.15, -0.1) is 0 Å². The molecule has 0 N–H and O–H groups in total. The fraction of sp³-hybridized carbons (Fsp3) is 0.286. The van der Waals surface area contributed by atoms with Gasteiger partial charge >= 0.3 is 38.4 Å². The van der Waals surface area contributed by atoms with Gasteiger partial charge in [-0.2, -0.15) is 0 Å². The molecule has 0 saturated heterocycles. The van der Waals surface area contributed by atoms with Crippen LogP contribution < -0.4 is 0 Å². The summed E-state index contributed by atoms with van der Waals surface area (Å²) in [4.78, 5) is 7.79. The predicted octanol–water partition coefficient (Wildman–Crippen LogP) is 4.66. The van der Waals surface area contributed by atoms with Crippen molar-refractivity contribution >= 4 is 16.6 Å². The molecule has 0 unspecified atom stereocenters. The van der Waals surface area contributed by atoms with E-state index in [1.807, 2.05) is 49.1 Å². The molecular formula is C14H18CdCl2N2. The second-order valence-electron chi connectivity index (χ2n) is 3.52. The summed E-state index contributed by atoms with van der Waals surface area (Å²) >= 11 is -1.07. The van der Waals surface area contributed by atoms with E-state index in [1.54, 1.807) is 0 Å². The van der Waals surface area contributed by atoms with Crippen LogP contribution in [0, 0.1) is 0 Å². The van der Waals surface area contributed by atoms with Crippen LogP contribution in [-0.2, 0) is 34.6 Å². The Morgan fingerprint density at radius 2 is 1.05 bits per heavy atom. The van der Waals surface area contributed by atoms with Crippen LogP contribution in [0.15, 0.2) is 49.1 Å². The second kappa shape index (κ2) is 14.2. The summed E-state index contributed by atoms with van der Waals surface area (Å²) in [5, 5.41) is 0. The maximum absolute atomic E-state index is 4.97. The van der Waals surface area contributed by atoms with Gasteiger partial charge in [0.1, 0.15) is 0 Å². The Bertz CT molecular complexity index is 359. The van der Waals surface area contributed by atoms with Crippen molar-refractivity contribution in [2.45, 2.75) is 26.7 Å². The minimum absolute atomic E-state index is 1.07. The molecule has 0 amide bonds. The van der Waals surface area contributed by atoms with Gasteiger partial charge in [-0.25, -0.2) is 0 Å². The first-order chi connectivity index (χ1) is 9.28. The molecule has 2 rings (SSSR count). The van der Waals surface area contributed by atoms with E-state index < -0.39 is 21.8 Å². The van der Waals surface area contributed by atoms with Gasteiger partial charge in [0, 0.05) is 24.8 Å². The van der Waals surface area contributed by atoms with Crippen LogP contribution in [0.2, 0.25) is 0 Å². The molecule has 0 saturated carbocycles. The van der Waals surface area contributed by atoms with E-state index in [4.69, 9.17) is 16.6 Å². The molecule has 2 aromatic heterocycles. The molecule has 0 bridgehead atoms. The number of aryl methyl sites for hydroxylation is 2. The zero-order chi connectivity index (χ0) is 14.3. The molecule has 5 heteroatoms. The summed E-state index contributed by atoms with van der Waals surface area (Å²) in [7, 11) is 9.95. The summed E-state index contributed by atoms with van der Waals surface area (Å²) in [5.41, 5.74) is 2.69. The Morgan fingerprint density at radius 3 is 1.21 bits per heavy atom. The molecule has 0 atom stereocenters. The number of nitrogens with zero attached hydrogens (tertiary/aromatic N) is 2. The van der Waals surface area contributed by atoms with Crippen molar-refractivity contribution < 1.29 is 21.8 Å². The van der Waals surface area contributed by atoms with E-state index in [0.29, 0.717) is 0 Å². The van der Waals surface area contributed by atoms with E-state index in [2.05, 4.69) is 23.8 Å². The Hall–Kier alpha value is -0.198. The molecule has 0 fully saturated rings. The minimum atomic E-state index is -1.07. The molecule has 100 valence electrons. The molecule has 0 aromatic carbocycles. The Morgan fingerprint density at radius 1 is 0.789 bits per heavy atom. The van der Waals surface area contributed by atoms with Crippen molar-refractivity contribution in [3.8, 4) is 0 Å². The first-order valence-corrected chi connectivity index (χ1v) is 16.4. The molecule has 0 radical (unpaired) electrons. The topological polar surface area (TPSA) is 25.8 Å². The third-order valence-electron chi connectivity index (χ3n) is 2.32. The first-order valence-electron chi connectivity index (χ1n) is 6.18. The Labute approximate surface area is 134 Å². The van der Waals surface area contributed by atoms with Gasteiger partial charge in [-0.3, -0.25) is 9.97 Å². The number of pyridine rings is 2. The monoisotopic (exact) mass is 398 g/mol. The Balaban J connectivity index is 0.000000284. The van der Waals surface area contributed by atoms with Crippen molar-refractivity contribution in [2.24, 2.45) is 0 Å². The summed E-state index contributed by atoms with van der Waals surface area (Å²) < 4.78 is 0. The predicted molar refractivity (Wildman–Crippen MR) is 78.9 cm³/mol. The normalized spacial score (nSPS) is 8.21. The van der Waals surface area contributed by atoms with Gasteiger partial charge in [0.15, 0.2) is 0 Å². The fourth-order valence-corrected chi connectivity index (χ4v) is 1.24. The van der Waals surface area contributed by atoms with Gasteiger partial charge in [-0.1, -0.05) is 13.8 Å². The van der Waals surface area contributed by atoms with Crippen molar-refractivity contribution in [1.82, 2.24) is 9.97 Å².